The number of likely N-dealkylation sites (tertiary alicyclic amines) is 2. The monoisotopic (exact) mass is 549 g/mol. The summed E-state index contributed by atoms with van der Waals surface area (Å²) in [5.74, 6) is 1.22. The molecule has 2 aromatic heterocycles. The van der Waals surface area contributed by atoms with Crippen LogP contribution < -0.4 is 11.1 Å². The summed E-state index contributed by atoms with van der Waals surface area (Å²) in [5.41, 5.74) is 12.0. The van der Waals surface area contributed by atoms with Crippen LogP contribution in [-0.4, -0.2) is 72.9 Å². The number of hydrogen-bond acceptors (Lipinski definition) is 8. The maximum absolute atomic E-state index is 13.2. The van der Waals surface area contributed by atoms with E-state index in [9.17, 15) is 4.79 Å². The van der Waals surface area contributed by atoms with Crippen LogP contribution in [0.4, 0.5) is 17.6 Å². The van der Waals surface area contributed by atoms with Gasteiger partial charge in [0.2, 0.25) is 11.9 Å². The molecule has 1 aliphatic carbocycles. The molecule has 2 fully saturated rings. The second kappa shape index (κ2) is 10.9. The molecule has 3 N–H and O–H groups in total. The fourth-order valence-corrected chi connectivity index (χ4v) is 6.50. The highest BCUT2D eigenvalue weighted by atomic mass is 16.2. The molecule has 10 nitrogen and oxygen atoms in total. The van der Waals surface area contributed by atoms with Crippen LogP contribution in [0.15, 0.2) is 54.6 Å². The fourth-order valence-electron chi connectivity index (χ4n) is 6.50. The van der Waals surface area contributed by atoms with Crippen LogP contribution in [0.1, 0.15) is 53.6 Å². The van der Waals surface area contributed by atoms with Gasteiger partial charge in [-0.1, -0.05) is 24.3 Å². The highest BCUT2D eigenvalue weighted by molar-refractivity contribution is 5.94. The molecule has 0 bridgehead atoms. The molecule has 0 radical (unpaired) electrons. The van der Waals surface area contributed by atoms with E-state index in [1.165, 1.54) is 31.5 Å². The molecule has 210 valence electrons. The Bertz CT molecular complexity index is 1550. The van der Waals surface area contributed by atoms with Crippen molar-refractivity contribution < 1.29 is 4.79 Å². The van der Waals surface area contributed by atoms with Gasteiger partial charge in [-0.3, -0.25) is 4.79 Å². The van der Waals surface area contributed by atoms with Gasteiger partial charge in [0.05, 0.1) is 5.69 Å². The van der Waals surface area contributed by atoms with Crippen LogP contribution >= 0.6 is 0 Å². The lowest BCUT2D eigenvalue weighted by molar-refractivity contribution is 0.0644. The fraction of sp³-hybridized carbons (Fsp3) is 0.387. The molecule has 0 saturated carbocycles. The molecular formula is C31H35N9O. The van der Waals surface area contributed by atoms with Crippen molar-refractivity contribution in [3.05, 3.63) is 71.3 Å². The molecule has 2 aliphatic heterocycles. The van der Waals surface area contributed by atoms with Crippen molar-refractivity contribution >= 4 is 23.5 Å². The Hall–Kier alpha value is -4.31. The van der Waals surface area contributed by atoms with Crippen molar-refractivity contribution in [3.8, 4) is 17.1 Å². The van der Waals surface area contributed by atoms with Crippen LogP contribution in [0.2, 0.25) is 0 Å². The minimum absolute atomic E-state index is 0.0886. The topological polar surface area (TPSA) is 118 Å². The number of carbonyl (C=O) groups excluding carboxylic acids is 1. The third kappa shape index (κ3) is 5.15. The Morgan fingerprint density at radius 2 is 1.63 bits per heavy atom. The summed E-state index contributed by atoms with van der Waals surface area (Å²) in [7, 11) is 0. The minimum atomic E-state index is 0.0886. The molecule has 10 heteroatoms. The lowest BCUT2D eigenvalue weighted by atomic mass is 10.0. The van der Waals surface area contributed by atoms with Crippen molar-refractivity contribution in [1.82, 2.24) is 34.8 Å². The average molecular weight is 550 g/mol. The number of nitrogens with two attached hydrogens (primary N) is 1. The number of anilines is 3. The summed E-state index contributed by atoms with van der Waals surface area (Å²) in [5, 5.41) is 16.8. The first-order valence-corrected chi connectivity index (χ1v) is 14.7. The van der Waals surface area contributed by atoms with Crippen molar-refractivity contribution in [2.45, 2.75) is 51.0 Å². The van der Waals surface area contributed by atoms with E-state index in [0.29, 0.717) is 23.4 Å². The van der Waals surface area contributed by atoms with Crippen molar-refractivity contribution in [1.29, 1.82) is 0 Å². The molecule has 7 rings (SSSR count). The Balaban J connectivity index is 1.06. The van der Waals surface area contributed by atoms with E-state index < -0.39 is 0 Å². The van der Waals surface area contributed by atoms with Gasteiger partial charge in [-0.2, -0.15) is 9.67 Å². The number of rotatable bonds is 5. The Morgan fingerprint density at radius 3 is 2.44 bits per heavy atom. The number of benzene rings is 2. The highest BCUT2D eigenvalue weighted by Crippen LogP contribution is 2.31. The number of nitrogens with zero attached hydrogens (tertiary/aromatic N) is 7. The standard InChI is InChI=1S/C31H35N9O/c32-30-34-31(40(37-30)27-20-23-8-5-7-21-6-1-2-9-26(21)28(23)36-35-27)33-24-12-10-22(11-13-24)29(41)39-18-14-25(15-19-39)38-16-3-4-17-38/h1-2,6,9-13,20,25H,3-5,7-8,14-19H2,(H3,32,33,34,37). The number of piperidine rings is 1. The van der Waals surface area contributed by atoms with Gasteiger partial charge in [-0.05, 0) is 99.5 Å². The first-order valence-electron chi connectivity index (χ1n) is 14.7. The first-order chi connectivity index (χ1) is 20.1. The quantitative estimate of drug-likeness (QED) is 0.380. The van der Waals surface area contributed by atoms with Gasteiger partial charge in [-0.25, -0.2) is 0 Å². The minimum Gasteiger partial charge on any atom is -0.366 e. The molecule has 1 amide bonds. The van der Waals surface area contributed by atoms with E-state index >= 15 is 0 Å². The maximum atomic E-state index is 13.2. The Morgan fingerprint density at radius 1 is 0.878 bits per heavy atom. The summed E-state index contributed by atoms with van der Waals surface area (Å²) < 4.78 is 1.59. The number of carbonyl (C=O) groups is 1. The van der Waals surface area contributed by atoms with E-state index in [0.717, 1.165) is 67.7 Å². The second-order valence-corrected chi connectivity index (χ2v) is 11.3. The third-order valence-electron chi connectivity index (χ3n) is 8.66. The predicted octanol–water partition coefficient (Wildman–Crippen LogP) is 4.24. The lowest BCUT2D eigenvalue weighted by Gasteiger charge is -2.36. The summed E-state index contributed by atoms with van der Waals surface area (Å²) in [4.78, 5) is 22.2. The van der Waals surface area contributed by atoms with E-state index in [1.807, 2.05) is 41.3 Å². The summed E-state index contributed by atoms with van der Waals surface area (Å²) in [6.45, 7) is 4.05. The molecule has 0 spiro atoms. The SMILES string of the molecule is Nc1nc(Nc2ccc(C(=O)N3CCC(N4CCCC4)CC3)cc2)n(-c2cc3c(nn2)-c2ccccc2CCC3)n1. The zero-order valence-electron chi connectivity index (χ0n) is 23.2. The van der Waals surface area contributed by atoms with Crippen molar-refractivity contribution in [2.75, 3.05) is 37.2 Å². The van der Waals surface area contributed by atoms with Crippen LogP contribution in [0.5, 0.6) is 0 Å². The molecular weight excluding hydrogens is 514 g/mol. The van der Waals surface area contributed by atoms with E-state index in [1.54, 1.807) is 4.68 Å². The van der Waals surface area contributed by atoms with Crippen LogP contribution in [-0.2, 0) is 12.8 Å². The summed E-state index contributed by atoms with van der Waals surface area (Å²) in [6, 6.07) is 18.5. The highest BCUT2D eigenvalue weighted by Gasteiger charge is 2.28. The number of amides is 1. The third-order valence-corrected chi connectivity index (χ3v) is 8.66. The van der Waals surface area contributed by atoms with Gasteiger partial charge in [0.15, 0.2) is 5.82 Å². The lowest BCUT2D eigenvalue weighted by Crippen LogP contribution is -2.45. The number of nitrogens with one attached hydrogen (secondary N) is 1. The van der Waals surface area contributed by atoms with Gasteiger partial charge < -0.3 is 20.9 Å². The number of aromatic nitrogens is 5. The first kappa shape index (κ1) is 25.6. The number of fused-ring (bicyclic) bond motifs is 3. The normalized spacial score (nSPS) is 17.6. The molecule has 2 saturated heterocycles. The van der Waals surface area contributed by atoms with Gasteiger partial charge in [0.1, 0.15) is 0 Å². The Labute approximate surface area is 239 Å². The predicted molar refractivity (Wildman–Crippen MR) is 158 cm³/mol. The summed E-state index contributed by atoms with van der Waals surface area (Å²) in [6.07, 6.45) is 7.68. The molecule has 3 aliphatic rings. The van der Waals surface area contributed by atoms with Crippen molar-refractivity contribution in [3.63, 3.8) is 0 Å². The number of aryl methyl sites for hydroxylation is 2. The smallest absolute Gasteiger partial charge is 0.253 e. The van der Waals surface area contributed by atoms with Gasteiger partial charge in [-0.15, -0.1) is 15.3 Å². The molecule has 4 aromatic rings. The number of nitrogen functional groups attached to an aromatic ring is 1. The zero-order valence-corrected chi connectivity index (χ0v) is 23.2. The number of hydrogen-bond donors (Lipinski definition) is 2. The van der Waals surface area contributed by atoms with Crippen LogP contribution in [0.3, 0.4) is 0 Å². The molecule has 2 aromatic carbocycles. The van der Waals surface area contributed by atoms with E-state index in [4.69, 9.17) is 5.73 Å². The van der Waals surface area contributed by atoms with Gasteiger partial charge >= 0.3 is 0 Å². The largest absolute Gasteiger partial charge is 0.366 e. The molecule has 0 unspecified atom stereocenters. The maximum Gasteiger partial charge on any atom is 0.253 e. The second-order valence-electron chi connectivity index (χ2n) is 11.3. The van der Waals surface area contributed by atoms with Gasteiger partial charge in [0.25, 0.3) is 5.91 Å². The molecule has 4 heterocycles. The van der Waals surface area contributed by atoms with E-state index in [-0.39, 0.29) is 11.9 Å². The summed E-state index contributed by atoms with van der Waals surface area (Å²) >= 11 is 0. The van der Waals surface area contributed by atoms with Crippen molar-refractivity contribution in [2.24, 2.45) is 0 Å². The van der Waals surface area contributed by atoms with Crippen LogP contribution in [0, 0.1) is 0 Å². The average Bonchev–Trinajstić information content (AvgIpc) is 3.63. The zero-order chi connectivity index (χ0) is 27.8. The Kier molecular flexibility index (Phi) is 6.84. The molecule has 41 heavy (non-hydrogen) atoms. The van der Waals surface area contributed by atoms with Gasteiger partial charge in [0, 0.05) is 35.9 Å². The van der Waals surface area contributed by atoms with E-state index in [2.05, 4.69) is 48.7 Å². The molecule has 0 atom stereocenters. The van der Waals surface area contributed by atoms with Crippen LogP contribution in [0.25, 0.3) is 17.1 Å².